The summed E-state index contributed by atoms with van der Waals surface area (Å²) < 4.78 is 5.95. The lowest BCUT2D eigenvalue weighted by molar-refractivity contribution is 0.410. The van der Waals surface area contributed by atoms with Crippen molar-refractivity contribution in [2.45, 2.75) is 39.3 Å². The van der Waals surface area contributed by atoms with Gasteiger partial charge in [0.25, 0.3) is 0 Å². The van der Waals surface area contributed by atoms with E-state index in [9.17, 15) is 0 Å². The van der Waals surface area contributed by atoms with Gasteiger partial charge in [0.15, 0.2) is 0 Å². The van der Waals surface area contributed by atoms with Crippen LogP contribution in [0.1, 0.15) is 37.6 Å². The Morgan fingerprint density at radius 2 is 2.06 bits per heavy atom. The molecule has 96 valence electrons. The molecular weight excluding hydrogens is 222 g/mol. The fourth-order valence-electron chi connectivity index (χ4n) is 2.43. The summed E-state index contributed by atoms with van der Waals surface area (Å²) in [5.74, 6) is 1.03. The van der Waals surface area contributed by atoms with Gasteiger partial charge in [-0.05, 0) is 38.8 Å². The van der Waals surface area contributed by atoms with Gasteiger partial charge in [-0.15, -0.1) is 6.58 Å². The maximum absolute atomic E-state index is 5.95. The Labute approximate surface area is 109 Å². The average molecular weight is 243 g/mol. The van der Waals surface area contributed by atoms with Gasteiger partial charge in [0.1, 0.15) is 11.3 Å². The predicted molar refractivity (Wildman–Crippen MR) is 76.8 cm³/mol. The van der Waals surface area contributed by atoms with Crippen molar-refractivity contribution in [1.29, 1.82) is 0 Å². The van der Waals surface area contributed by atoms with E-state index in [4.69, 9.17) is 4.42 Å². The van der Waals surface area contributed by atoms with E-state index in [-0.39, 0.29) is 6.04 Å². The van der Waals surface area contributed by atoms with Crippen LogP contribution in [0.3, 0.4) is 0 Å². The van der Waals surface area contributed by atoms with E-state index >= 15 is 0 Å². The molecule has 18 heavy (non-hydrogen) atoms. The molecule has 1 N–H and O–H groups in total. The van der Waals surface area contributed by atoms with Crippen LogP contribution in [0.25, 0.3) is 11.0 Å². The molecule has 0 aliphatic heterocycles. The third-order valence-electron chi connectivity index (χ3n) is 3.33. The monoisotopic (exact) mass is 243 g/mol. The number of para-hydroxylation sites is 1. The molecule has 2 nitrogen and oxygen atoms in total. The van der Waals surface area contributed by atoms with Crippen molar-refractivity contribution in [3.05, 3.63) is 48.2 Å². The summed E-state index contributed by atoms with van der Waals surface area (Å²) in [7, 11) is 0. The van der Waals surface area contributed by atoms with Crippen LogP contribution < -0.4 is 5.32 Å². The molecule has 0 aliphatic rings. The summed E-state index contributed by atoms with van der Waals surface area (Å²) in [6.07, 6.45) is 2.90. The number of benzene rings is 1. The largest absolute Gasteiger partial charge is 0.459 e. The minimum atomic E-state index is 0.215. The third kappa shape index (κ3) is 2.49. The van der Waals surface area contributed by atoms with Crippen LogP contribution in [0.5, 0.6) is 0 Å². The van der Waals surface area contributed by atoms with E-state index in [1.807, 2.05) is 24.3 Å². The van der Waals surface area contributed by atoms with Crippen molar-refractivity contribution < 1.29 is 4.42 Å². The molecule has 0 radical (unpaired) electrons. The molecule has 1 aromatic carbocycles. The zero-order valence-electron chi connectivity index (χ0n) is 11.4. The third-order valence-corrected chi connectivity index (χ3v) is 3.33. The van der Waals surface area contributed by atoms with Crippen molar-refractivity contribution >= 4 is 11.0 Å². The smallest absolute Gasteiger partial charge is 0.134 e. The molecular formula is C16H21NO. The van der Waals surface area contributed by atoms with Crippen molar-refractivity contribution in [1.82, 2.24) is 5.32 Å². The summed E-state index contributed by atoms with van der Waals surface area (Å²) in [5.41, 5.74) is 2.20. The SMILES string of the molecule is C=CCC(C)NC(C)c1oc2ccccc2c1C. The van der Waals surface area contributed by atoms with Gasteiger partial charge < -0.3 is 9.73 Å². The van der Waals surface area contributed by atoms with Gasteiger partial charge in [-0.3, -0.25) is 0 Å². The Morgan fingerprint density at radius 3 is 2.72 bits per heavy atom. The summed E-state index contributed by atoms with van der Waals surface area (Å²) in [4.78, 5) is 0. The molecule has 2 atom stereocenters. The quantitative estimate of drug-likeness (QED) is 0.789. The first-order chi connectivity index (χ1) is 8.63. The zero-order valence-corrected chi connectivity index (χ0v) is 11.4. The topological polar surface area (TPSA) is 25.2 Å². The molecule has 2 heteroatoms. The van der Waals surface area contributed by atoms with Crippen LogP contribution in [0, 0.1) is 6.92 Å². The number of aryl methyl sites for hydroxylation is 1. The van der Waals surface area contributed by atoms with Crippen LogP contribution >= 0.6 is 0 Å². The Kier molecular flexibility index (Phi) is 3.87. The molecule has 0 spiro atoms. The van der Waals surface area contributed by atoms with Crippen LogP contribution in [0.2, 0.25) is 0 Å². The predicted octanol–water partition coefficient (Wildman–Crippen LogP) is 4.36. The van der Waals surface area contributed by atoms with E-state index in [1.165, 1.54) is 10.9 Å². The minimum Gasteiger partial charge on any atom is -0.459 e. The van der Waals surface area contributed by atoms with Crippen LogP contribution in [0.15, 0.2) is 41.3 Å². The highest BCUT2D eigenvalue weighted by Crippen LogP contribution is 2.29. The minimum absolute atomic E-state index is 0.215. The molecule has 0 bridgehead atoms. The molecule has 1 aromatic heterocycles. The Hall–Kier alpha value is -1.54. The van der Waals surface area contributed by atoms with E-state index in [0.717, 1.165) is 17.8 Å². The normalized spacial score (nSPS) is 14.6. The summed E-state index contributed by atoms with van der Waals surface area (Å²) in [5, 5.41) is 4.74. The fourth-order valence-corrected chi connectivity index (χ4v) is 2.43. The first kappa shape index (κ1) is 12.9. The molecule has 0 fully saturated rings. The second-order valence-corrected chi connectivity index (χ2v) is 4.90. The molecule has 0 aliphatic carbocycles. The summed E-state index contributed by atoms with van der Waals surface area (Å²) in [6.45, 7) is 10.2. The van der Waals surface area contributed by atoms with Gasteiger partial charge in [-0.2, -0.15) is 0 Å². The highest BCUT2D eigenvalue weighted by molar-refractivity contribution is 5.82. The first-order valence-electron chi connectivity index (χ1n) is 6.48. The van der Waals surface area contributed by atoms with Crippen LogP contribution in [-0.2, 0) is 0 Å². The number of hydrogen-bond donors (Lipinski definition) is 1. The lowest BCUT2D eigenvalue weighted by Crippen LogP contribution is -2.28. The molecule has 2 rings (SSSR count). The molecule has 2 unspecified atom stereocenters. The zero-order chi connectivity index (χ0) is 13.1. The fraction of sp³-hybridized carbons (Fsp3) is 0.375. The highest BCUT2D eigenvalue weighted by Gasteiger charge is 2.17. The van der Waals surface area contributed by atoms with Gasteiger partial charge in [0.2, 0.25) is 0 Å². The first-order valence-corrected chi connectivity index (χ1v) is 6.48. The van der Waals surface area contributed by atoms with E-state index in [2.05, 4.69) is 38.7 Å². The molecule has 2 aromatic rings. The average Bonchev–Trinajstić information content (AvgIpc) is 2.68. The highest BCUT2D eigenvalue weighted by atomic mass is 16.3. The second-order valence-electron chi connectivity index (χ2n) is 4.90. The lowest BCUT2D eigenvalue weighted by atomic mass is 10.1. The molecule has 0 saturated heterocycles. The maximum atomic E-state index is 5.95. The number of hydrogen-bond acceptors (Lipinski definition) is 2. The van der Waals surface area contributed by atoms with Gasteiger partial charge >= 0.3 is 0 Å². The van der Waals surface area contributed by atoms with Crippen molar-refractivity contribution in [3.8, 4) is 0 Å². The standard InChI is InChI=1S/C16H21NO/c1-5-8-11(2)17-13(4)16-12(3)14-9-6-7-10-15(14)18-16/h5-7,9-11,13,17H,1,8H2,2-4H3. The summed E-state index contributed by atoms with van der Waals surface area (Å²) >= 11 is 0. The lowest BCUT2D eigenvalue weighted by Gasteiger charge is -2.17. The number of nitrogens with one attached hydrogen (secondary N) is 1. The van der Waals surface area contributed by atoms with Crippen LogP contribution in [0.4, 0.5) is 0 Å². The van der Waals surface area contributed by atoms with E-state index in [0.29, 0.717) is 6.04 Å². The number of rotatable bonds is 5. The van der Waals surface area contributed by atoms with E-state index < -0.39 is 0 Å². The Morgan fingerprint density at radius 1 is 1.33 bits per heavy atom. The number of furan rings is 1. The molecule has 1 heterocycles. The van der Waals surface area contributed by atoms with Gasteiger partial charge in [0, 0.05) is 11.4 Å². The van der Waals surface area contributed by atoms with Crippen molar-refractivity contribution in [2.75, 3.05) is 0 Å². The molecule has 0 amide bonds. The van der Waals surface area contributed by atoms with Gasteiger partial charge in [-0.1, -0.05) is 24.3 Å². The van der Waals surface area contributed by atoms with E-state index in [1.54, 1.807) is 0 Å². The number of fused-ring (bicyclic) bond motifs is 1. The maximum Gasteiger partial charge on any atom is 0.134 e. The Balaban J connectivity index is 2.25. The van der Waals surface area contributed by atoms with Crippen molar-refractivity contribution in [2.24, 2.45) is 0 Å². The van der Waals surface area contributed by atoms with Gasteiger partial charge in [-0.25, -0.2) is 0 Å². The summed E-state index contributed by atoms with van der Waals surface area (Å²) in [6, 6.07) is 8.81. The van der Waals surface area contributed by atoms with Gasteiger partial charge in [0.05, 0.1) is 6.04 Å². The molecule has 0 saturated carbocycles. The van der Waals surface area contributed by atoms with Crippen molar-refractivity contribution in [3.63, 3.8) is 0 Å². The van der Waals surface area contributed by atoms with Crippen LogP contribution in [-0.4, -0.2) is 6.04 Å². The Bertz CT molecular complexity index is 541. The second kappa shape index (κ2) is 5.40.